The molecule has 0 N–H and O–H groups in total. The van der Waals surface area contributed by atoms with Gasteiger partial charge in [0.2, 0.25) is 0 Å². The van der Waals surface area contributed by atoms with Crippen molar-refractivity contribution in [3.8, 4) is 0 Å². The average molecular weight is 194 g/mol. The molecule has 1 aliphatic heterocycles. The van der Waals surface area contributed by atoms with Crippen LogP contribution in [-0.4, -0.2) is 36.0 Å². The molecule has 1 heterocycles. The SMILES string of the molecule is C=CN1CCN(C(=C)CCCC)CC1. The van der Waals surface area contributed by atoms with E-state index in [0.717, 1.165) is 32.6 Å². The lowest BCUT2D eigenvalue weighted by Crippen LogP contribution is -2.43. The van der Waals surface area contributed by atoms with Crippen LogP contribution in [0.2, 0.25) is 0 Å². The maximum atomic E-state index is 4.15. The topological polar surface area (TPSA) is 6.48 Å². The second-order valence-electron chi connectivity index (χ2n) is 3.88. The molecule has 80 valence electrons. The van der Waals surface area contributed by atoms with Crippen molar-refractivity contribution in [3.05, 3.63) is 25.1 Å². The van der Waals surface area contributed by atoms with E-state index in [1.165, 1.54) is 18.5 Å². The van der Waals surface area contributed by atoms with Gasteiger partial charge >= 0.3 is 0 Å². The standard InChI is InChI=1S/C12H22N2/c1-4-6-7-12(3)14-10-8-13(5-2)9-11-14/h5H,2-4,6-11H2,1H3. The van der Waals surface area contributed by atoms with E-state index in [1.54, 1.807) is 0 Å². The van der Waals surface area contributed by atoms with Crippen molar-refractivity contribution < 1.29 is 0 Å². The minimum atomic E-state index is 1.09. The number of hydrogen-bond donors (Lipinski definition) is 0. The van der Waals surface area contributed by atoms with Crippen LogP contribution in [0.1, 0.15) is 26.2 Å². The highest BCUT2D eigenvalue weighted by molar-refractivity contribution is 4.96. The molecule has 0 aromatic heterocycles. The number of hydrogen-bond acceptors (Lipinski definition) is 2. The Labute approximate surface area is 87.9 Å². The molecule has 0 atom stereocenters. The van der Waals surface area contributed by atoms with E-state index in [-0.39, 0.29) is 0 Å². The van der Waals surface area contributed by atoms with E-state index in [0.29, 0.717) is 0 Å². The fourth-order valence-electron chi connectivity index (χ4n) is 1.76. The summed E-state index contributed by atoms with van der Waals surface area (Å²) in [4.78, 5) is 4.68. The van der Waals surface area contributed by atoms with Gasteiger partial charge in [-0.2, -0.15) is 0 Å². The Hall–Kier alpha value is -0.920. The number of unbranched alkanes of at least 4 members (excludes halogenated alkanes) is 1. The predicted molar refractivity (Wildman–Crippen MR) is 62.0 cm³/mol. The molecule has 1 aliphatic rings. The van der Waals surface area contributed by atoms with Crippen LogP contribution < -0.4 is 0 Å². The normalized spacial score (nSPS) is 16.9. The molecular formula is C12H22N2. The van der Waals surface area contributed by atoms with Crippen LogP contribution in [0, 0.1) is 0 Å². The first kappa shape index (κ1) is 11.2. The highest BCUT2D eigenvalue weighted by Crippen LogP contribution is 2.13. The first-order valence-electron chi connectivity index (χ1n) is 5.57. The Morgan fingerprint density at radius 1 is 1.29 bits per heavy atom. The van der Waals surface area contributed by atoms with E-state index in [1.807, 2.05) is 6.20 Å². The molecule has 0 aromatic carbocycles. The zero-order chi connectivity index (χ0) is 10.4. The Morgan fingerprint density at radius 2 is 1.93 bits per heavy atom. The largest absolute Gasteiger partial charge is 0.374 e. The molecule has 0 saturated carbocycles. The zero-order valence-corrected chi connectivity index (χ0v) is 9.34. The van der Waals surface area contributed by atoms with Gasteiger partial charge in [0.1, 0.15) is 0 Å². The van der Waals surface area contributed by atoms with Crippen molar-refractivity contribution in [3.63, 3.8) is 0 Å². The summed E-state index contributed by atoms with van der Waals surface area (Å²) in [5.74, 6) is 0. The molecule has 0 spiro atoms. The van der Waals surface area contributed by atoms with Gasteiger partial charge in [0, 0.05) is 31.9 Å². The van der Waals surface area contributed by atoms with Crippen LogP contribution in [0.15, 0.2) is 25.1 Å². The predicted octanol–water partition coefficient (Wildman–Crippen LogP) is 2.45. The molecule has 0 amide bonds. The summed E-state index contributed by atoms with van der Waals surface area (Å²) >= 11 is 0. The van der Waals surface area contributed by atoms with Crippen molar-refractivity contribution in [2.75, 3.05) is 26.2 Å². The van der Waals surface area contributed by atoms with E-state index in [4.69, 9.17) is 0 Å². The quantitative estimate of drug-likeness (QED) is 0.663. The molecule has 2 heteroatoms. The molecule has 1 rings (SSSR count). The van der Waals surface area contributed by atoms with Gasteiger partial charge in [-0.05, 0) is 19.0 Å². The molecule has 1 saturated heterocycles. The molecule has 0 unspecified atom stereocenters. The summed E-state index contributed by atoms with van der Waals surface area (Å²) in [6.45, 7) is 14.6. The second kappa shape index (κ2) is 5.74. The summed E-state index contributed by atoms with van der Waals surface area (Å²) in [5.41, 5.74) is 1.32. The van der Waals surface area contributed by atoms with Crippen molar-refractivity contribution in [2.24, 2.45) is 0 Å². The Bertz CT molecular complexity index is 190. The summed E-state index contributed by atoms with van der Waals surface area (Å²) in [6.07, 6.45) is 5.61. The first-order valence-corrected chi connectivity index (χ1v) is 5.57. The summed E-state index contributed by atoms with van der Waals surface area (Å²) in [7, 11) is 0. The summed E-state index contributed by atoms with van der Waals surface area (Å²) in [5, 5.41) is 0. The number of allylic oxidation sites excluding steroid dienone is 1. The minimum Gasteiger partial charge on any atom is -0.374 e. The number of rotatable bonds is 5. The highest BCUT2D eigenvalue weighted by atomic mass is 15.3. The molecule has 0 aromatic rings. The molecular weight excluding hydrogens is 172 g/mol. The molecule has 0 bridgehead atoms. The lowest BCUT2D eigenvalue weighted by molar-refractivity contribution is 0.200. The molecule has 14 heavy (non-hydrogen) atoms. The van der Waals surface area contributed by atoms with Crippen molar-refractivity contribution in [2.45, 2.75) is 26.2 Å². The Morgan fingerprint density at radius 3 is 2.43 bits per heavy atom. The lowest BCUT2D eigenvalue weighted by atomic mass is 10.2. The van der Waals surface area contributed by atoms with Gasteiger partial charge < -0.3 is 9.80 Å². The van der Waals surface area contributed by atoms with Crippen molar-refractivity contribution in [1.29, 1.82) is 0 Å². The second-order valence-corrected chi connectivity index (χ2v) is 3.88. The average Bonchev–Trinajstić information content (AvgIpc) is 2.26. The van der Waals surface area contributed by atoms with Gasteiger partial charge in [0.15, 0.2) is 0 Å². The zero-order valence-electron chi connectivity index (χ0n) is 9.34. The minimum absolute atomic E-state index is 1.09. The van der Waals surface area contributed by atoms with E-state index < -0.39 is 0 Å². The Kier molecular flexibility index (Phi) is 4.57. The fourth-order valence-corrected chi connectivity index (χ4v) is 1.76. The van der Waals surface area contributed by atoms with Gasteiger partial charge in [-0.3, -0.25) is 0 Å². The molecule has 2 nitrogen and oxygen atoms in total. The van der Waals surface area contributed by atoms with Crippen LogP contribution in [0.5, 0.6) is 0 Å². The van der Waals surface area contributed by atoms with Gasteiger partial charge in [-0.25, -0.2) is 0 Å². The van der Waals surface area contributed by atoms with Crippen LogP contribution in [0.4, 0.5) is 0 Å². The summed E-state index contributed by atoms with van der Waals surface area (Å²) < 4.78 is 0. The molecule has 0 radical (unpaired) electrons. The molecule has 0 aliphatic carbocycles. The fraction of sp³-hybridized carbons (Fsp3) is 0.667. The van der Waals surface area contributed by atoms with Gasteiger partial charge in [-0.15, -0.1) is 0 Å². The van der Waals surface area contributed by atoms with Crippen LogP contribution >= 0.6 is 0 Å². The third-order valence-electron chi connectivity index (χ3n) is 2.84. The molecule has 1 fully saturated rings. The first-order chi connectivity index (χ1) is 6.77. The smallest absolute Gasteiger partial charge is 0.0351 e. The van der Waals surface area contributed by atoms with Crippen molar-refractivity contribution >= 4 is 0 Å². The van der Waals surface area contributed by atoms with E-state index in [9.17, 15) is 0 Å². The van der Waals surface area contributed by atoms with E-state index >= 15 is 0 Å². The number of piperazine rings is 1. The van der Waals surface area contributed by atoms with Crippen LogP contribution in [-0.2, 0) is 0 Å². The van der Waals surface area contributed by atoms with E-state index in [2.05, 4.69) is 29.9 Å². The summed E-state index contributed by atoms with van der Waals surface area (Å²) in [6, 6.07) is 0. The van der Waals surface area contributed by atoms with Gasteiger partial charge in [0.25, 0.3) is 0 Å². The maximum absolute atomic E-state index is 4.15. The van der Waals surface area contributed by atoms with Crippen LogP contribution in [0.25, 0.3) is 0 Å². The maximum Gasteiger partial charge on any atom is 0.0351 e. The highest BCUT2D eigenvalue weighted by Gasteiger charge is 2.14. The van der Waals surface area contributed by atoms with Crippen LogP contribution in [0.3, 0.4) is 0 Å². The third-order valence-corrected chi connectivity index (χ3v) is 2.84. The van der Waals surface area contributed by atoms with Gasteiger partial charge in [0.05, 0.1) is 0 Å². The van der Waals surface area contributed by atoms with Gasteiger partial charge in [-0.1, -0.05) is 26.5 Å². The monoisotopic (exact) mass is 194 g/mol. The lowest BCUT2D eigenvalue weighted by Gasteiger charge is -2.36. The number of nitrogens with zero attached hydrogens (tertiary/aromatic N) is 2. The Balaban J connectivity index is 2.26. The van der Waals surface area contributed by atoms with Crippen molar-refractivity contribution in [1.82, 2.24) is 9.80 Å². The third kappa shape index (κ3) is 3.09.